The largest absolute Gasteiger partial charge is 0.477 e. The maximum absolute atomic E-state index is 11.5. The van der Waals surface area contributed by atoms with Gasteiger partial charge in [0.05, 0.1) is 68.3 Å². The minimum absolute atomic E-state index is 0. The third-order valence-corrected chi connectivity index (χ3v) is 9.48. The van der Waals surface area contributed by atoms with Crippen LogP contribution in [0.25, 0.3) is 17.1 Å². The van der Waals surface area contributed by atoms with Crippen molar-refractivity contribution in [2.45, 2.75) is 56.1 Å². The predicted molar refractivity (Wildman–Crippen MR) is 310 cm³/mol. The van der Waals surface area contributed by atoms with Gasteiger partial charge in [-0.1, -0.05) is 89.6 Å². The lowest BCUT2D eigenvalue weighted by Gasteiger charge is -2.20. The SMILES string of the molecule is C.C.C.C.C.COC(=O)C1CC(Cl)=NN1c1cccnc1.COC(=O)c1cc(Cl)nn1-c1cccnc1.Cl.Cl.Clc1ccn(-c2cccnc2)n1.O=C(O)C=NCc1cccnc1.O=C(O)c1cc(Cl)nn1-c1cccnc1. The van der Waals surface area contributed by atoms with Gasteiger partial charge in [-0.3, -0.25) is 29.9 Å². The van der Waals surface area contributed by atoms with Crippen LogP contribution in [0.1, 0.15) is 70.1 Å². The molecule has 1 aliphatic rings. The van der Waals surface area contributed by atoms with Crippen LogP contribution < -0.4 is 5.01 Å². The number of ether oxygens (including phenoxy) is 2. The minimum atomic E-state index is -1.08. The van der Waals surface area contributed by atoms with Crippen LogP contribution in [0.2, 0.25) is 15.5 Å². The second-order valence-corrected chi connectivity index (χ2v) is 15.1. The molecule has 2 N–H and O–H groups in total. The Hall–Kier alpha value is -7.86. The van der Waals surface area contributed by atoms with Crippen molar-refractivity contribution in [3.05, 3.63) is 179 Å². The molecular formula is C50H60Cl6N14O8. The topological polar surface area (TPSA) is 273 Å². The number of halogens is 6. The van der Waals surface area contributed by atoms with Crippen LogP contribution in [0, 0.1) is 0 Å². The monoisotopic (exact) mass is 1190 g/mol. The van der Waals surface area contributed by atoms with Gasteiger partial charge in [-0.25, -0.2) is 38.2 Å². The molecule has 1 aliphatic heterocycles. The molecule has 9 heterocycles. The zero-order valence-corrected chi connectivity index (χ0v) is 42.5. The first-order chi connectivity index (χ1) is 34.3. The summed E-state index contributed by atoms with van der Waals surface area (Å²) in [6, 6.07) is 21.8. The van der Waals surface area contributed by atoms with Crippen LogP contribution in [0.3, 0.4) is 0 Å². The van der Waals surface area contributed by atoms with Crippen molar-refractivity contribution >= 4 is 112 Å². The van der Waals surface area contributed by atoms with E-state index >= 15 is 0 Å². The van der Waals surface area contributed by atoms with E-state index in [2.05, 4.69) is 55.0 Å². The van der Waals surface area contributed by atoms with Gasteiger partial charge >= 0.3 is 23.9 Å². The lowest BCUT2D eigenvalue weighted by molar-refractivity contribution is -0.141. The molecule has 0 aromatic carbocycles. The summed E-state index contributed by atoms with van der Waals surface area (Å²) >= 11 is 22.9. The van der Waals surface area contributed by atoms with E-state index in [9.17, 15) is 19.2 Å². The van der Waals surface area contributed by atoms with Crippen LogP contribution in [-0.2, 0) is 25.6 Å². The minimum Gasteiger partial charge on any atom is -0.477 e. The fraction of sp³-hybridized carbons (Fsp3) is 0.200. The third-order valence-electron chi connectivity index (χ3n) is 8.68. The van der Waals surface area contributed by atoms with Gasteiger partial charge in [0, 0.05) is 61.9 Å². The van der Waals surface area contributed by atoms with Crippen LogP contribution >= 0.6 is 71.2 Å². The molecule has 0 saturated carbocycles. The van der Waals surface area contributed by atoms with Crippen molar-refractivity contribution < 1.29 is 38.9 Å². The highest BCUT2D eigenvalue weighted by Gasteiger charge is 2.34. The zero-order valence-electron chi connectivity index (χ0n) is 37.9. The van der Waals surface area contributed by atoms with Gasteiger partial charge in [-0.15, -0.1) is 24.8 Å². The molecule has 1 atom stereocenters. The number of aliphatic carboxylic acids is 1. The first kappa shape index (κ1) is 74.4. The number of hydrogen-bond acceptors (Lipinski definition) is 17. The van der Waals surface area contributed by atoms with Crippen LogP contribution in [0.15, 0.2) is 157 Å². The Morgan fingerprint density at radius 2 is 1.08 bits per heavy atom. The Morgan fingerprint density at radius 1 is 0.615 bits per heavy atom. The Kier molecular flexibility index (Phi) is 36.9. The number of carboxylic acid groups (broad SMARTS) is 2. The molecule has 0 spiro atoms. The summed E-state index contributed by atoms with van der Waals surface area (Å²) in [5, 5.41) is 35.9. The number of anilines is 1. The third kappa shape index (κ3) is 23.2. The number of esters is 2. The lowest BCUT2D eigenvalue weighted by Crippen LogP contribution is -2.35. The Balaban J connectivity index is -0.000000886. The molecule has 0 fully saturated rings. The van der Waals surface area contributed by atoms with E-state index in [4.69, 9.17) is 61.4 Å². The second-order valence-electron chi connectivity index (χ2n) is 13.5. The van der Waals surface area contributed by atoms with Gasteiger partial charge < -0.3 is 19.7 Å². The Morgan fingerprint density at radius 3 is 1.49 bits per heavy atom. The Labute approximate surface area is 484 Å². The molecule has 22 nitrogen and oxygen atoms in total. The molecule has 0 saturated heterocycles. The van der Waals surface area contributed by atoms with Gasteiger partial charge in [0.2, 0.25) is 0 Å². The molecule has 1 unspecified atom stereocenters. The number of aliphatic imine (C=N–C) groups is 1. The summed E-state index contributed by atoms with van der Waals surface area (Å²) in [4.78, 5) is 67.2. The highest BCUT2D eigenvalue weighted by Crippen LogP contribution is 2.25. The number of carboxylic acids is 2. The van der Waals surface area contributed by atoms with E-state index in [0.29, 0.717) is 40.4 Å². The first-order valence-corrected chi connectivity index (χ1v) is 21.7. The first-order valence-electron chi connectivity index (χ1n) is 20.1. The summed E-state index contributed by atoms with van der Waals surface area (Å²) in [5.74, 6) is -2.97. The summed E-state index contributed by atoms with van der Waals surface area (Å²) in [6.45, 7) is 0.361. The van der Waals surface area contributed by atoms with Crippen LogP contribution in [0.4, 0.5) is 5.69 Å². The number of nitrogens with zero attached hydrogens (tertiary/aromatic N) is 14. The normalized spacial score (nSPS) is 11.2. The fourth-order valence-corrected chi connectivity index (χ4v) is 6.36. The standard InChI is InChI=1S/C10H10ClN3O2.C10H8ClN3O2.C9H6ClN3O2.C8H6ClN3.C8H8N2O2.5CH4.2ClH/c2*1-16-10(15)8-5-9(11)13-14(8)7-3-2-4-12-6-7;10-8-4-7(9(14)15)13(12-8)6-2-1-3-11-5-6;9-8-3-5-12(11-8)7-2-1-4-10-6-7;11-8(12)6-10-5-7-2-1-3-9-4-7;;;;;;;/h2-4,6,8H,5H2,1H3;2-6H,1H3;1-5H,(H,14,15);1-6H;1-4,6H,5H2,(H,11,12);5*1H4;2*1H. The van der Waals surface area contributed by atoms with Gasteiger partial charge in [0.15, 0.2) is 32.9 Å². The van der Waals surface area contributed by atoms with Gasteiger partial charge in [0.1, 0.15) is 11.4 Å². The average molecular weight is 1200 g/mol. The van der Waals surface area contributed by atoms with E-state index in [1.165, 1.54) is 46.9 Å². The summed E-state index contributed by atoms with van der Waals surface area (Å²) in [6.07, 6.45) is 19.4. The summed E-state index contributed by atoms with van der Waals surface area (Å²) < 4.78 is 13.6. The van der Waals surface area contributed by atoms with Crippen molar-refractivity contribution in [2.24, 2.45) is 10.1 Å². The number of carbonyl (C=O) groups is 4. The molecule has 8 aromatic heterocycles. The van der Waals surface area contributed by atoms with Gasteiger partial charge in [-0.05, 0) is 66.2 Å². The number of methoxy groups -OCH3 is 2. The number of aromatic nitrogens is 11. The van der Waals surface area contributed by atoms with E-state index in [1.54, 1.807) is 109 Å². The summed E-state index contributed by atoms with van der Waals surface area (Å²) in [5.41, 5.74) is 4.00. The average Bonchev–Trinajstić information content (AvgIpc) is 4.21. The molecule has 0 amide bonds. The number of rotatable bonds is 10. The molecule has 8 aromatic rings. The molecule has 0 aliphatic carbocycles. The predicted octanol–water partition coefficient (Wildman–Crippen LogP) is 11.4. The van der Waals surface area contributed by atoms with E-state index in [0.717, 1.165) is 17.5 Å². The second kappa shape index (κ2) is 38.6. The van der Waals surface area contributed by atoms with E-state index in [-0.39, 0.29) is 89.6 Å². The van der Waals surface area contributed by atoms with E-state index in [1.807, 2.05) is 24.3 Å². The van der Waals surface area contributed by atoms with Crippen LogP contribution in [0.5, 0.6) is 0 Å². The summed E-state index contributed by atoms with van der Waals surface area (Å²) in [7, 11) is 2.65. The molecule has 78 heavy (non-hydrogen) atoms. The quantitative estimate of drug-likeness (QED) is 0.0951. The van der Waals surface area contributed by atoms with Crippen molar-refractivity contribution in [3.63, 3.8) is 0 Å². The molecule has 28 heteroatoms. The van der Waals surface area contributed by atoms with Crippen molar-refractivity contribution in [1.29, 1.82) is 0 Å². The molecule has 0 radical (unpaired) electrons. The maximum Gasteiger partial charge on any atom is 0.356 e. The van der Waals surface area contributed by atoms with Crippen molar-refractivity contribution in [1.82, 2.24) is 54.3 Å². The number of hydrazone groups is 1. The number of hydrogen-bond donors (Lipinski definition) is 2. The number of aromatic carboxylic acids is 1. The maximum atomic E-state index is 11.5. The van der Waals surface area contributed by atoms with Gasteiger partial charge in [-0.2, -0.15) is 20.4 Å². The molecule has 0 bridgehead atoms. The van der Waals surface area contributed by atoms with Crippen LogP contribution in [-0.4, -0.2) is 120 Å². The van der Waals surface area contributed by atoms with E-state index < -0.39 is 23.9 Å². The molecular weight excluding hydrogens is 1140 g/mol. The Bertz CT molecular complexity index is 3030. The van der Waals surface area contributed by atoms with Crippen molar-refractivity contribution in [3.8, 4) is 17.1 Å². The number of pyridine rings is 5. The molecule has 9 rings (SSSR count). The van der Waals surface area contributed by atoms with Gasteiger partial charge in [0.25, 0.3) is 0 Å². The lowest BCUT2D eigenvalue weighted by atomic mass is 10.2. The molecule has 420 valence electrons. The highest BCUT2D eigenvalue weighted by molar-refractivity contribution is 6.66. The smallest absolute Gasteiger partial charge is 0.356 e. The highest BCUT2D eigenvalue weighted by atomic mass is 35.5. The fourth-order valence-electron chi connectivity index (χ4n) is 5.63. The number of carbonyl (C=O) groups excluding carboxylic acids is 2. The van der Waals surface area contributed by atoms with Crippen molar-refractivity contribution in [2.75, 3.05) is 19.2 Å². The zero-order chi connectivity index (χ0) is 51.1.